The fourth-order valence-electron chi connectivity index (χ4n) is 2.12. The van der Waals surface area contributed by atoms with E-state index in [1.807, 2.05) is 6.07 Å². The lowest BCUT2D eigenvalue weighted by Gasteiger charge is -2.05. The smallest absolute Gasteiger partial charge is 0.259 e. The van der Waals surface area contributed by atoms with E-state index in [1.54, 1.807) is 43.3 Å². The Labute approximate surface area is 126 Å². The number of nitrogens with zero attached hydrogens (tertiary/aromatic N) is 2. The van der Waals surface area contributed by atoms with Gasteiger partial charge in [0, 0.05) is 11.4 Å². The molecule has 0 unspecified atom stereocenters. The fraction of sp³-hybridized carbons (Fsp3) is 0.0625. The summed E-state index contributed by atoms with van der Waals surface area (Å²) in [6.45, 7) is 1.77. The van der Waals surface area contributed by atoms with E-state index < -0.39 is 0 Å². The van der Waals surface area contributed by atoms with Gasteiger partial charge in [0.15, 0.2) is 5.76 Å². The van der Waals surface area contributed by atoms with Crippen LogP contribution in [0.15, 0.2) is 47.1 Å². The number of carbonyl (C=O) groups is 1. The van der Waals surface area contributed by atoms with Gasteiger partial charge in [-0.15, -0.1) is 0 Å². The molecule has 0 aliphatic carbocycles. The monoisotopic (exact) mass is 292 g/mol. The molecule has 3 rings (SSSR count). The molecule has 2 aromatic heterocycles. The number of carbonyl (C=O) groups excluding carboxylic acids is 1. The number of aromatic amines is 1. The van der Waals surface area contributed by atoms with Crippen molar-refractivity contribution in [2.24, 2.45) is 0 Å². The largest absolute Gasteiger partial charge is 0.463 e. The summed E-state index contributed by atoms with van der Waals surface area (Å²) < 4.78 is 5.31. The molecule has 1 aromatic carbocycles. The molecule has 6 heteroatoms. The Balaban J connectivity index is 1.89. The number of anilines is 1. The van der Waals surface area contributed by atoms with Gasteiger partial charge in [0.1, 0.15) is 5.69 Å². The van der Waals surface area contributed by atoms with Crippen molar-refractivity contribution >= 4 is 11.6 Å². The minimum absolute atomic E-state index is 0.289. The quantitative estimate of drug-likeness (QED) is 0.775. The topological polar surface area (TPSA) is 94.7 Å². The molecule has 1 amide bonds. The van der Waals surface area contributed by atoms with Crippen LogP contribution >= 0.6 is 0 Å². The van der Waals surface area contributed by atoms with E-state index in [4.69, 9.17) is 9.68 Å². The molecular weight excluding hydrogens is 280 g/mol. The summed E-state index contributed by atoms with van der Waals surface area (Å²) in [7, 11) is 0. The molecule has 6 nitrogen and oxygen atoms in total. The Morgan fingerprint density at radius 1 is 1.32 bits per heavy atom. The number of hydrogen-bond acceptors (Lipinski definition) is 4. The molecule has 0 aliphatic rings. The number of rotatable bonds is 3. The number of H-pyrrole nitrogens is 1. The Morgan fingerprint density at radius 2 is 2.09 bits per heavy atom. The van der Waals surface area contributed by atoms with Crippen LogP contribution in [0.3, 0.4) is 0 Å². The predicted molar refractivity (Wildman–Crippen MR) is 80.1 cm³/mol. The predicted octanol–water partition coefficient (Wildman–Crippen LogP) is 3.10. The van der Waals surface area contributed by atoms with Gasteiger partial charge in [0.25, 0.3) is 5.91 Å². The molecule has 0 saturated carbocycles. The maximum atomic E-state index is 12.5. The number of furan rings is 1. The second-order valence-corrected chi connectivity index (χ2v) is 4.69. The van der Waals surface area contributed by atoms with E-state index in [-0.39, 0.29) is 5.91 Å². The first-order chi connectivity index (χ1) is 10.7. The SMILES string of the molecule is Cc1[nH]nc(-c2ccco2)c1C(=O)Nc1ccc(C#N)cc1. The molecule has 0 fully saturated rings. The second kappa shape index (κ2) is 5.58. The third-order valence-corrected chi connectivity index (χ3v) is 3.20. The number of amides is 1. The fourth-order valence-corrected chi connectivity index (χ4v) is 2.12. The van der Waals surface area contributed by atoms with Crippen LogP contribution in [-0.2, 0) is 0 Å². The van der Waals surface area contributed by atoms with Crippen LogP contribution in [0.2, 0.25) is 0 Å². The lowest BCUT2D eigenvalue weighted by atomic mass is 10.1. The van der Waals surface area contributed by atoms with Gasteiger partial charge in [-0.3, -0.25) is 9.89 Å². The normalized spacial score (nSPS) is 10.2. The van der Waals surface area contributed by atoms with Crippen molar-refractivity contribution < 1.29 is 9.21 Å². The van der Waals surface area contributed by atoms with E-state index in [9.17, 15) is 4.79 Å². The Hall–Kier alpha value is -3.33. The molecular formula is C16H12N4O2. The van der Waals surface area contributed by atoms with Crippen LogP contribution < -0.4 is 5.32 Å². The van der Waals surface area contributed by atoms with Crippen LogP contribution in [0.5, 0.6) is 0 Å². The van der Waals surface area contributed by atoms with Gasteiger partial charge in [0.05, 0.1) is 23.5 Å². The molecule has 0 radical (unpaired) electrons. The van der Waals surface area contributed by atoms with E-state index in [0.29, 0.717) is 34.0 Å². The summed E-state index contributed by atoms with van der Waals surface area (Å²) in [4.78, 5) is 12.5. The van der Waals surface area contributed by atoms with Gasteiger partial charge in [0.2, 0.25) is 0 Å². The molecule has 0 atom stereocenters. The maximum Gasteiger partial charge on any atom is 0.259 e. The molecule has 108 valence electrons. The van der Waals surface area contributed by atoms with Crippen LogP contribution in [-0.4, -0.2) is 16.1 Å². The first-order valence-corrected chi connectivity index (χ1v) is 6.59. The van der Waals surface area contributed by atoms with Gasteiger partial charge in [-0.1, -0.05) is 0 Å². The minimum Gasteiger partial charge on any atom is -0.463 e. The highest BCUT2D eigenvalue weighted by molar-refractivity contribution is 6.08. The average Bonchev–Trinajstić information content (AvgIpc) is 3.17. The third kappa shape index (κ3) is 2.47. The van der Waals surface area contributed by atoms with Gasteiger partial charge < -0.3 is 9.73 Å². The van der Waals surface area contributed by atoms with Crippen molar-refractivity contribution in [2.45, 2.75) is 6.92 Å². The lowest BCUT2D eigenvalue weighted by molar-refractivity contribution is 0.102. The zero-order chi connectivity index (χ0) is 15.5. The Kier molecular flexibility index (Phi) is 3.46. The Bertz CT molecular complexity index is 839. The zero-order valence-electron chi connectivity index (χ0n) is 11.8. The van der Waals surface area contributed by atoms with Gasteiger partial charge >= 0.3 is 0 Å². The summed E-state index contributed by atoms with van der Waals surface area (Å²) in [6.07, 6.45) is 1.53. The molecule has 0 aliphatic heterocycles. The van der Waals surface area contributed by atoms with E-state index in [1.165, 1.54) is 6.26 Å². The molecule has 0 spiro atoms. The van der Waals surface area contributed by atoms with Gasteiger partial charge in [-0.25, -0.2) is 0 Å². The zero-order valence-corrected chi connectivity index (χ0v) is 11.8. The average molecular weight is 292 g/mol. The molecule has 0 bridgehead atoms. The maximum absolute atomic E-state index is 12.5. The summed E-state index contributed by atoms with van der Waals surface area (Å²) in [6, 6.07) is 12.2. The molecule has 22 heavy (non-hydrogen) atoms. The number of benzene rings is 1. The van der Waals surface area contributed by atoms with Crippen molar-refractivity contribution in [1.82, 2.24) is 10.2 Å². The van der Waals surface area contributed by atoms with Crippen molar-refractivity contribution in [1.29, 1.82) is 5.26 Å². The van der Waals surface area contributed by atoms with Crippen LogP contribution in [0, 0.1) is 18.3 Å². The summed E-state index contributed by atoms with van der Waals surface area (Å²) in [5.74, 6) is 0.233. The lowest BCUT2D eigenvalue weighted by Crippen LogP contribution is -2.13. The van der Waals surface area contributed by atoms with Crippen LogP contribution in [0.4, 0.5) is 5.69 Å². The van der Waals surface area contributed by atoms with Gasteiger partial charge in [-0.05, 0) is 43.3 Å². The Morgan fingerprint density at radius 3 is 2.73 bits per heavy atom. The number of nitrogens with one attached hydrogen (secondary N) is 2. The van der Waals surface area contributed by atoms with Gasteiger partial charge in [-0.2, -0.15) is 10.4 Å². The second-order valence-electron chi connectivity index (χ2n) is 4.69. The highest BCUT2D eigenvalue weighted by Crippen LogP contribution is 2.25. The number of nitriles is 1. The first-order valence-electron chi connectivity index (χ1n) is 6.59. The highest BCUT2D eigenvalue weighted by Gasteiger charge is 2.21. The van der Waals surface area contributed by atoms with Crippen molar-refractivity contribution in [3.63, 3.8) is 0 Å². The molecule has 2 N–H and O–H groups in total. The van der Waals surface area contributed by atoms with E-state index in [2.05, 4.69) is 15.5 Å². The van der Waals surface area contributed by atoms with E-state index in [0.717, 1.165) is 0 Å². The third-order valence-electron chi connectivity index (χ3n) is 3.20. The van der Waals surface area contributed by atoms with Crippen LogP contribution in [0.25, 0.3) is 11.5 Å². The standard InChI is InChI=1S/C16H12N4O2/c1-10-14(15(20-19-10)13-3-2-8-22-13)16(21)18-12-6-4-11(9-17)5-7-12/h2-8H,1H3,(H,18,21)(H,19,20). The number of aromatic nitrogens is 2. The molecule has 2 heterocycles. The van der Waals surface area contributed by atoms with Crippen molar-refractivity contribution in [3.8, 4) is 17.5 Å². The summed E-state index contributed by atoms with van der Waals surface area (Å²) in [5.41, 5.74) is 2.69. The van der Waals surface area contributed by atoms with Crippen molar-refractivity contribution in [3.05, 3.63) is 59.5 Å². The highest BCUT2D eigenvalue weighted by atomic mass is 16.3. The first kappa shape index (κ1) is 13.6. The summed E-state index contributed by atoms with van der Waals surface area (Å²) in [5, 5.41) is 18.5. The number of hydrogen-bond donors (Lipinski definition) is 2. The number of aryl methyl sites for hydroxylation is 1. The molecule has 0 saturated heterocycles. The summed E-state index contributed by atoms with van der Waals surface area (Å²) >= 11 is 0. The minimum atomic E-state index is -0.289. The van der Waals surface area contributed by atoms with Crippen LogP contribution in [0.1, 0.15) is 21.6 Å². The van der Waals surface area contributed by atoms with Crippen molar-refractivity contribution in [2.75, 3.05) is 5.32 Å². The van der Waals surface area contributed by atoms with E-state index >= 15 is 0 Å². The molecule has 3 aromatic rings.